The van der Waals surface area contributed by atoms with E-state index < -0.39 is 0 Å². The summed E-state index contributed by atoms with van der Waals surface area (Å²) in [6.45, 7) is 0. The first-order valence-corrected chi connectivity index (χ1v) is 6.04. The highest BCUT2D eigenvalue weighted by Crippen LogP contribution is 2.39. The summed E-state index contributed by atoms with van der Waals surface area (Å²) in [5.41, 5.74) is 2.23. The third-order valence-corrected chi connectivity index (χ3v) is 2.99. The normalized spacial score (nSPS) is 9.70. The Bertz CT molecular complexity index is 659. The van der Waals surface area contributed by atoms with E-state index >= 15 is 0 Å². The minimum Gasteiger partial charge on any atom is -0.497 e. The fourth-order valence-corrected chi connectivity index (χ4v) is 2.05. The van der Waals surface area contributed by atoms with Gasteiger partial charge in [-0.2, -0.15) is 5.26 Å². The van der Waals surface area contributed by atoms with Gasteiger partial charge in [-0.15, -0.1) is 0 Å². The predicted octanol–water partition coefficient (Wildman–Crippen LogP) is 3.25. The Morgan fingerprint density at radius 1 is 0.950 bits per heavy atom. The molecule has 0 unspecified atom stereocenters. The van der Waals surface area contributed by atoms with E-state index in [0.717, 1.165) is 11.1 Å². The first-order valence-electron chi connectivity index (χ1n) is 6.04. The van der Waals surface area contributed by atoms with Gasteiger partial charge in [-0.25, -0.2) is 0 Å². The summed E-state index contributed by atoms with van der Waals surface area (Å²) in [5.74, 6) is 1.90. The molecule has 102 valence electrons. The van der Waals surface area contributed by atoms with Gasteiger partial charge in [-0.3, -0.25) is 0 Å². The van der Waals surface area contributed by atoms with Crippen LogP contribution in [0.1, 0.15) is 5.56 Å². The first kappa shape index (κ1) is 13.8. The van der Waals surface area contributed by atoms with E-state index in [1.54, 1.807) is 33.5 Å². The lowest BCUT2D eigenvalue weighted by molar-refractivity contribution is 0.356. The Balaban J connectivity index is 2.65. The maximum atomic E-state index is 9.09. The number of nitrogens with zero attached hydrogens (tertiary/aromatic N) is 1. The molecule has 0 spiro atoms. The molecule has 0 aliphatic carbocycles. The van der Waals surface area contributed by atoms with Gasteiger partial charge in [0, 0.05) is 5.56 Å². The molecular weight excluding hydrogens is 254 g/mol. The fraction of sp³-hybridized carbons (Fsp3) is 0.188. The Kier molecular flexibility index (Phi) is 4.11. The maximum Gasteiger partial charge on any atom is 0.168 e. The Labute approximate surface area is 118 Å². The van der Waals surface area contributed by atoms with Crippen molar-refractivity contribution in [1.29, 1.82) is 5.26 Å². The van der Waals surface area contributed by atoms with Crippen LogP contribution in [0.3, 0.4) is 0 Å². The molecule has 0 amide bonds. The number of hydrogen-bond donors (Lipinski definition) is 0. The number of benzene rings is 2. The van der Waals surface area contributed by atoms with Crippen LogP contribution in [-0.2, 0) is 0 Å². The lowest BCUT2D eigenvalue weighted by atomic mass is 10.0. The zero-order chi connectivity index (χ0) is 14.5. The topological polar surface area (TPSA) is 51.5 Å². The summed E-state index contributed by atoms with van der Waals surface area (Å²) >= 11 is 0. The van der Waals surface area contributed by atoms with Gasteiger partial charge in [-0.05, 0) is 29.8 Å². The van der Waals surface area contributed by atoms with Crippen LogP contribution in [0.2, 0.25) is 0 Å². The van der Waals surface area contributed by atoms with Gasteiger partial charge in [0.25, 0.3) is 0 Å². The average Bonchev–Trinajstić information content (AvgIpc) is 2.53. The lowest BCUT2D eigenvalue weighted by Gasteiger charge is -2.13. The molecule has 0 heterocycles. The number of ether oxygens (including phenoxy) is 3. The highest BCUT2D eigenvalue weighted by Gasteiger charge is 2.13. The van der Waals surface area contributed by atoms with Gasteiger partial charge in [0.15, 0.2) is 11.5 Å². The molecule has 0 N–H and O–H groups in total. The lowest BCUT2D eigenvalue weighted by Crippen LogP contribution is -1.94. The Morgan fingerprint density at radius 2 is 1.75 bits per heavy atom. The number of rotatable bonds is 4. The second-order valence-corrected chi connectivity index (χ2v) is 4.10. The van der Waals surface area contributed by atoms with E-state index in [4.69, 9.17) is 19.5 Å². The van der Waals surface area contributed by atoms with Gasteiger partial charge in [0.2, 0.25) is 0 Å². The Morgan fingerprint density at radius 3 is 2.35 bits per heavy atom. The molecule has 0 aliphatic rings. The molecule has 0 saturated carbocycles. The third-order valence-electron chi connectivity index (χ3n) is 2.99. The smallest absolute Gasteiger partial charge is 0.168 e. The van der Waals surface area contributed by atoms with Gasteiger partial charge < -0.3 is 14.2 Å². The van der Waals surface area contributed by atoms with E-state index in [0.29, 0.717) is 22.8 Å². The number of methoxy groups -OCH3 is 3. The van der Waals surface area contributed by atoms with Crippen molar-refractivity contribution in [3.8, 4) is 34.4 Å². The summed E-state index contributed by atoms with van der Waals surface area (Å²) in [6, 6.07) is 13.1. The summed E-state index contributed by atoms with van der Waals surface area (Å²) in [6.07, 6.45) is 0. The molecule has 0 atom stereocenters. The largest absolute Gasteiger partial charge is 0.497 e. The van der Waals surface area contributed by atoms with Gasteiger partial charge >= 0.3 is 0 Å². The second-order valence-electron chi connectivity index (χ2n) is 4.10. The predicted molar refractivity (Wildman–Crippen MR) is 76.2 cm³/mol. The van der Waals surface area contributed by atoms with E-state index in [9.17, 15) is 0 Å². The van der Waals surface area contributed by atoms with Crippen molar-refractivity contribution in [1.82, 2.24) is 0 Å². The van der Waals surface area contributed by atoms with Crippen LogP contribution in [0.25, 0.3) is 11.1 Å². The van der Waals surface area contributed by atoms with E-state index in [2.05, 4.69) is 6.07 Å². The van der Waals surface area contributed by atoms with Crippen LogP contribution >= 0.6 is 0 Å². The Hall–Kier alpha value is -2.67. The van der Waals surface area contributed by atoms with Crippen LogP contribution < -0.4 is 14.2 Å². The first-order chi connectivity index (χ1) is 9.73. The van der Waals surface area contributed by atoms with Crippen LogP contribution in [0.4, 0.5) is 0 Å². The third kappa shape index (κ3) is 2.52. The van der Waals surface area contributed by atoms with Gasteiger partial charge in [0.1, 0.15) is 5.75 Å². The molecule has 0 saturated heterocycles. The van der Waals surface area contributed by atoms with Crippen molar-refractivity contribution in [3.63, 3.8) is 0 Å². The molecule has 0 aliphatic heterocycles. The van der Waals surface area contributed by atoms with Crippen LogP contribution in [0.15, 0.2) is 36.4 Å². The molecule has 2 aromatic carbocycles. The molecule has 4 nitrogen and oxygen atoms in total. The summed E-state index contributed by atoms with van der Waals surface area (Å²) in [4.78, 5) is 0. The summed E-state index contributed by atoms with van der Waals surface area (Å²) in [5, 5.41) is 9.09. The fourth-order valence-electron chi connectivity index (χ4n) is 2.05. The molecule has 2 aromatic rings. The highest BCUT2D eigenvalue weighted by molar-refractivity contribution is 5.75. The average molecular weight is 269 g/mol. The summed E-state index contributed by atoms with van der Waals surface area (Å²) in [7, 11) is 4.75. The quantitative estimate of drug-likeness (QED) is 0.855. The van der Waals surface area contributed by atoms with E-state index in [-0.39, 0.29) is 0 Å². The van der Waals surface area contributed by atoms with Crippen molar-refractivity contribution >= 4 is 0 Å². The van der Waals surface area contributed by atoms with Crippen LogP contribution in [-0.4, -0.2) is 21.3 Å². The summed E-state index contributed by atoms with van der Waals surface area (Å²) < 4.78 is 15.9. The minimum absolute atomic E-state index is 0.532. The standard InChI is InChI=1S/C16H15NO3/c1-18-13-8-11(10-17)7-12(9-13)14-5-4-6-15(19-2)16(14)20-3/h4-9H,1-3H3. The van der Waals surface area contributed by atoms with Crippen molar-refractivity contribution in [2.45, 2.75) is 0 Å². The number of hydrogen-bond acceptors (Lipinski definition) is 4. The zero-order valence-corrected chi connectivity index (χ0v) is 11.6. The van der Waals surface area contributed by atoms with Crippen molar-refractivity contribution < 1.29 is 14.2 Å². The molecule has 2 rings (SSSR count). The molecule has 0 aromatic heterocycles. The molecule has 0 radical (unpaired) electrons. The SMILES string of the molecule is COc1cc(C#N)cc(-c2cccc(OC)c2OC)c1. The number of nitriles is 1. The molecule has 0 fully saturated rings. The van der Waals surface area contributed by atoms with E-state index in [1.807, 2.05) is 24.3 Å². The van der Waals surface area contributed by atoms with Crippen molar-refractivity contribution in [3.05, 3.63) is 42.0 Å². The van der Waals surface area contributed by atoms with Crippen molar-refractivity contribution in [2.24, 2.45) is 0 Å². The molecule has 0 bridgehead atoms. The monoisotopic (exact) mass is 269 g/mol. The molecule has 20 heavy (non-hydrogen) atoms. The van der Waals surface area contributed by atoms with Gasteiger partial charge in [0.05, 0.1) is 33.0 Å². The van der Waals surface area contributed by atoms with E-state index in [1.165, 1.54) is 0 Å². The van der Waals surface area contributed by atoms with Gasteiger partial charge in [-0.1, -0.05) is 12.1 Å². The van der Waals surface area contributed by atoms with Crippen LogP contribution in [0, 0.1) is 11.3 Å². The molecular formula is C16H15NO3. The minimum atomic E-state index is 0.532. The second kappa shape index (κ2) is 5.98. The maximum absolute atomic E-state index is 9.09. The highest BCUT2D eigenvalue weighted by atomic mass is 16.5. The zero-order valence-electron chi connectivity index (χ0n) is 11.6. The molecule has 4 heteroatoms. The van der Waals surface area contributed by atoms with Crippen molar-refractivity contribution in [2.75, 3.05) is 21.3 Å². The van der Waals surface area contributed by atoms with Crippen LogP contribution in [0.5, 0.6) is 17.2 Å². The number of para-hydroxylation sites is 1.